The largest absolute Gasteiger partial charge is 0.504 e. The molecular formula is C21H26Cl3FN4O6S. The molecule has 2 aliphatic heterocycles. The fourth-order valence-corrected chi connectivity index (χ4v) is 5.43. The average Bonchev–Trinajstić information content (AvgIpc) is 2.86. The Balaban J connectivity index is 0.000000571. The van der Waals surface area contributed by atoms with Crippen molar-refractivity contribution in [3.05, 3.63) is 46.2 Å². The minimum absolute atomic E-state index is 0. The fraction of sp³-hybridized carbons (Fsp3) is 0.381. The number of aromatic hydroxyl groups is 1. The van der Waals surface area contributed by atoms with Gasteiger partial charge in [0.05, 0.1) is 47.8 Å². The van der Waals surface area contributed by atoms with Gasteiger partial charge in [-0.15, -0.1) is 12.4 Å². The molecule has 2 heterocycles. The summed E-state index contributed by atoms with van der Waals surface area (Å²) in [5, 5.41) is 17.7. The van der Waals surface area contributed by atoms with E-state index >= 15 is 0 Å². The molecule has 2 fully saturated rings. The third-order valence-electron chi connectivity index (χ3n) is 4.95. The third kappa shape index (κ3) is 7.80. The number of piperazine rings is 1. The number of urea groups is 1. The number of hydrogen-bond acceptors (Lipinski definition) is 7. The van der Waals surface area contributed by atoms with E-state index in [0.29, 0.717) is 13.1 Å². The maximum absolute atomic E-state index is 13.5. The van der Waals surface area contributed by atoms with E-state index in [-0.39, 0.29) is 46.9 Å². The van der Waals surface area contributed by atoms with E-state index in [4.69, 9.17) is 32.7 Å². The predicted octanol–water partition coefficient (Wildman–Crippen LogP) is 3.53. The molecule has 200 valence electrons. The molecule has 0 spiro atoms. The number of phenolic OH excluding ortho intramolecular Hbond substituents is 1. The molecule has 0 aromatic heterocycles. The van der Waals surface area contributed by atoms with Gasteiger partial charge in [0.15, 0.2) is 5.75 Å². The molecule has 0 aliphatic carbocycles. The molecule has 0 radical (unpaired) electrons. The highest BCUT2D eigenvalue weighted by Crippen LogP contribution is 2.38. The lowest BCUT2D eigenvalue weighted by Crippen LogP contribution is -2.46. The summed E-state index contributed by atoms with van der Waals surface area (Å²) >= 11 is 11.8. The molecule has 4 rings (SSSR count). The highest BCUT2D eigenvalue weighted by Gasteiger charge is 2.32. The van der Waals surface area contributed by atoms with Crippen LogP contribution in [0.3, 0.4) is 0 Å². The fourth-order valence-electron chi connectivity index (χ4n) is 3.22. The summed E-state index contributed by atoms with van der Waals surface area (Å²) in [6.45, 7) is 4.47. The van der Waals surface area contributed by atoms with E-state index in [2.05, 4.69) is 16.0 Å². The number of sulfonamides is 1. The second kappa shape index (κ2) is 14.1. The quantitative estimate of drug-likeness (QED) is 0.403. The number of phenols is 1. The first kappa shape index (κ1) is 30.3. The van der Waals surface area contributed by atoms with Crippen molar-refractivity contribution in [1.82, 2.24) is 9.62 Å². The Morgan fingerprint density at radius 2 is 1.58 bits per heavy atom. The zero-order valence-electron chi connectivity index (χ0n) is 18.9. The lowest BCUT2D eigenvalue weighted by atomic mass is 10.3. The van der Waals surface area contributed by atoms with E-state index in [0.717, 1.165) is 32.5 Å². The monoisotopic (exact) mass is 586 g/mol. The van der Waals surface area contributed by atoms with Crippen molar-refractivity contribution in [3.63, 3.8) is 0 Å². The van der Waals surface area contributed by atoms with Crippen LogP contribution >= 0.6 is 35.6 Å². The van der Waals surface area contributed by atoms with Gasteiger partial charge in [0.25, 0.3) is 0 Å². The van der Waals surface area contributed by atoms with Gasteiger partial charge in [-0.05, 0) is 24.3 Å². The van der Waals surface area contributed by atoms with Crippen molar-refractivity contribution in [1.29, 1.82) is 0 Å². The van der Waals surface area contributed by atoms with Gasteiger partial charge in [-0.3, -0.25) is 0 Å². The molecule has 0 atom stereocenters. The molecule has 15 heteroatoms. The number of rotatable bonds is 4. The lowest BCUT2D eigenvalue weighted by Gasteiger charge is -2.27. The highest BCUT2D eigenvalue weighted by molar-refractivity contribution is 7.89. The van der Waals surface area contributed by atoms with Gasteiger partial charge in [0, 0.05) is 26.2 Å². The maximum atomic E-state index is 13.5. The minimum atomic E-state index is -4.08. The normalized spacial score (nSPS) is 16.2. The van der Waals surface area contributed by atoms with Crippen LogP contribution in [0.5, 0.6) is 5.75 Å². The molecule has 0 saturated carbocycles. The summed E-state index contributed by atoms with van der Waals surface area (Å²) in [6.07, 6.45) is 0. The molecule has 10 nitrogen and oxygen atoms in total. The number of hydrogen-bond donors (Lipinski definition) is 4. The number of nitrogens with one attached hydrogen (secondary N) is 3. The van der Waals surface area contributed by atoms with Crippen LogP contribution in [-0.4, -0.2) is 76.5 Å². The van der Waals surface area contributed by atoms with Gasteiger partial charge in [-0.25, -0.2) is 17.6 Å². The molecule has 0 unspecified atom stereocenters. The van der Waals surface area contributed by atoms with Crippen LogP contribution in [0.25, 0.3) is 0 Å². The first-order valence-corrected chi connectivity index (χ1v) is 12.8. The Bertz CT molecular complexity index is 1140. The molecule has 4 N–H and O–H groups in total. The van der Waals surface area contributed by atoms with Crippen molar-refractivity contribution in [3.8, 4) is 5.75 Å². The smallest absolute Gasteiger partial charge is 0.323 e. The Morgan fingerprint density at radius 3 is 2.17 bits per heavy atom. The second-order valence-corrected chi connectivity index (χ2v) is 9.99. The molecule has 0 bridgehead atoms. The molecule has 2 saturated heterocycles. The maximum Gasteiger partial charge on any atom is 0.323 e. The summed E-state index contributed by atoms with van der Waals surface area (Å²) in [7, 11) is -4.08. The molecule has 2 aliphatic rings. The van der Waals surface area contributed by atoms with Gasteiger partial charge >= 0.3 is 6.03 Å². The third-order valence-corrected chi connectivity index (χ3v) is 7.73. The van der Waals surface area contributed by atoms with E-state index in [1.165, 1.54) is 28.6 Å². The number of carbonyl (C=O) groups excluding carboxylic acids is 1. The zero-order chi connectivity index (χ0) is 25.4. The van der Waals surface area contributed by atoms with E-state index < -0.39 is 32.5 Å². The molecule has 2 aromatic carbocycles. The highest BCUT2D eigenvalue weighted by atomic mass is 35.5. The number of halogens is 4. The summed E-state index contributed by atoms with van der Waals surface area (Å²) in [5.41, 5.74) is -0.181. The van der Waals surface area contributed by atoms with Crippen LogP contribution in [0.1, 0.15) is 0 Å². The molecule has 2 amide bonds. The summed E-state index contributed by atoms with van der Waals surface area (Å²) < 4.78 is 50.4. The Labute approximate surface area is 224 Å². The number of amides is 2. The SMILES string of the molecule is C1COCCO1.Cl.O=C(Nc1ccc(Cl)c(S(=O)(=O)N2CCNCC2)c1O)Nc1cccc(F)c1Cl. The molecule has 36 heavy (non-hydrogen) atoms. The second-order valence-electron chi connectivity index (χ2n) is 7.33. The van der Waals surface area contributed by atoms with Crippen LogP contribution in [-0.2, 0) is 19.5 Å². The van der Waals surface area contributed by atoms with Crippen molar-refractivity contribution in [2.45, 2.75) is 4.90 Å². The number of anilines is 2. The van der Waals surface area contributed by atoms with E-state index in [1.807, 2.05) is 0 Å². The number of nitrogens with zero attached hydrogens (tertiary/aromatic N) is 1. The topological polar surface area (TPSA) is 129 Å². The lowest BCUT2D eigenvalue weighted by molar-refractivity contribution is -0.0334. The zero-order valence-corrected chi connectivity index (χ0v) is 22.1. The molecule has 2 aromatic rings. The predicted molar refractivity (Wildman–Crippen MR) is 138 cm³/mol. The van der Waals surface area contributed by atoms with Crippen LogP contribution in [0.4, 0.5) is 20.6 Å². The number of carbonyl (C=O) groups is 1. The first-order valence-electron chi connectivity index (χ1n) is 10.6. The van der Waals surface area contributed by atoms with Crippen molar-refractivity contribution >= 4 is 63.0 Å². The Kier molecular flexibility index (Phi) is 11.9. The van der Waals surface area contributed by atoms with Gasteiger partial charge in [0.2, 0.25) is 10.0 Å². The van der Waals surface area contributed by atoms with Crippen molar-refractivity contribution in [2.24, 2.45) is 0 Å². The average molecular weight is 588 g/mol. The van der Waals surface area contributed by atoms with Crippen LogP contribution < -0.4 is 16.0 Å². The summed E-state index contributed by atoms with van der Waals surface area (Å²) in [6, 6.07) is 5.51. The van der Waals surface area contributed by atoms with E-state index in [1.54, 1.807) is 0 Å². The van der Waals surface area contributed by atoms with Crippen molar-refractivity contribution in [2.75, 3.05) is 63.2 Å². The number of ether oxygens (including phenoxy) is 2. The van der Waals surface area contributed by atoms with Gasteiger partial charge in [0.1, 0.15) is 10.7 Å². The first-order chi connectivity index (χ1) is 16.7. The van der Waals surface area contributed by atoms with Gasteiger partial charge in [-0.1, -0.05) is 29.3 Å². The Hall–Kier alpha value is -1.90. The van der Waals surface area contributed by atoms with Crippen LogP contribution in [0.15, 0.2) is 35.2 Å². The summed E-state index contributed by atoms with van der Waals surface area (Å²) in [4.78, 5) is 11.7. The van der Waals surface area contributed by atoms with Crippen molar-refractivity contribution < 1.29 is 32.2 Å². The van der Waals surface area contributed by atoms with Gasteiger partial charge < -0.3 is 30.5 Å². The van der Waals surface area contributed by atoms with Gasteiger partial charge in [-0.2, -0.15) is 4.31 Å². The van der Waals surface area contributed by atoms with Crippen LogP contribution in [0.2, 0.25) is 10.0 Å². The Morgan fingerprint density at radius 1 is 1.00 bits per heavy atom. The molecular weight excluding hydrogens is 562 g/mol. The van der Waals surface area contributed by atoms with Crippen LogP contribution in [0, 0.1) is 5.82 Å². The minimum Gasteiger partial charge on any atom is -0.504 e. The summed E-state index contributed by atoms with van der Waals surface area (Å²) in [5.74, 6) is -1.42. The number of benzene rings is 2. The van der Waals surface area contributed by atoms with E-state index in [9.17, 15) is 22.7 Å². The standard InChI is InChI=1S/C17H17Cl2FN4O4S.C4H8O2.ClH/c18-10-4-5-13(23-17(26)22-12-3-1-2-11(20)14(12)19)15(25)16(10)29(27,28)24-8-6-21-7-9-24;1-2-6-4-3-5-1;/h1-5,21,25H,6-9H2,(H2,22,23,26);1-4H2;1H.